The van der Waals surface area contributed by atoms with Crippen molar-refractivity contribution in [2.24, 2.45) is 0 Å². The zero-order chi connectivity index (χ0) is 8.27. The Morgan fingerprint density at radius 3 is 2.15 bits per heavy atom. The molecule has 0 aliphatic carbocycles. The molecule has 0 aliphatic heterocycles. The Bertz CT molecular complexity index is 253. The minimum Gasteiger partial charge on any atom is -0.547 e. The van der Waals surface area contributed by atoms with E-state index in [4.69, 9.17) is 5.11 Å². The molecule has 3 nitrogen and oxygen atoms in total. The molecule has 0 saturated heterocycles. The molecule has 0 fully saturated rings. The molecular formula is C8H7KO3Zr+2. The van der Waals surface area contributed by atoms with Crippen molar-refractivity contribution in [2.75, 3.05) is 0 Å². The number of rotatable bonds is 2. The maximum Gasteiger partial charge on any atom is 2.00 e. The molecule has 1 aromatic rings. The first-order chi connectivity index (χ1) is 5.22. The molecule has 1 N–H and O–H groups in total. The zero-order valence-corrected chi connectivity index (χ0v) is 12.8. The van der Waals surface area contributed by atoms with Crippen molar-refractivity contribution in [2.45, 2.75) is 6.10 Å². The van der Waals surface area contributed by atoms with Gasteiger partial charge in [0.25, 0.3) is 0 Å². The van der Waals surface area contributed by atoms with E-state index in [9.17, 15) is 9.90 Å². The van der Waals surface area contributed by atoms with Crippen LogP contribution in [-0.2, 0) is 31.0 Å². The van der Waals surface area contributed by atoms with Crippen LogP contribution in [0.15, 0.2) is 30.3 Å². The Labute approximate surface area is 138 Å². The van der Waals surface area contributed by atoms with Crippen molar-refractivity contribution in [3.8, 4) is 0 Å². The van der Waals surface area contributed by atoms with Crippen molar-refractivity contribution in [1.82, 2.24) is 0 Å². The molecule has 0 bridgehead atoms. The minimum atomic E-state index is -1.52. The second kappa shape index (κ2) is 8.48. The zero-order valence-electron chi connectivity index (χ0n) is 7.23. The molecular weight excluding hydrogens is 274 g/mol. The number of aliphatic carboxylic acids is 1. The fraction of sp³-hybridized carbons (Fsp3) is 0.125. The van der Waals surface area contributed by atoms with Gasteiger partial charge >= 0.3 is 77.6 Å². The number of carbonyl (C=O) groups is 1. The van der Waals surface area contributed by atoms with Gasteiger partial charge in [0.05, 0.1) is 5.97 Å². The topological polar surface area (TPSA) is 60.4 Å². The summed E-state index contributed by atoms with van der Waals surface area (Å²) in [7, 11) is 0. The molecule has 0 saturated carbocycles. The molecule has 1 aromatic carbocycles. The Balaban J connectivity index is 0. The van der Waals surface area contributed by atoms with Crippen LogP contribution in [-0.4, -0.2) is 11.1 Å². The van der Waals surface area contributed by atoms with Crippen molar-refractivity contribution in [3.63, 3.8) is 0 Å². The van der Waals surface area contributed by atoms with Crippen LogP contribution in [0.5, 0.6) is 0 Å². The first-order valence-corrected chi connectivity index (χ1v) is 3.15. The van der Waals surface area contributed by atoms with Crippen LogP contribution in [0.3, 0.4) is 0 Å². The van der Waals surface area contributed by atoms with Crippen molar-refractivity contribution in [1.29, 1.82) is 0 Å². The van der Waals surface area contributed by atoms with Crippen LogP contribution in [0.1, 0.15) is 11.7 Å². The normalized spacial score (nSPS) is 10.5. The van der Waals surface area contributed by atoms with Crippen LogP contribution in [0.25, 0.3) is 0 Å². The first-order valence-electron chi connectivity index (χ1n) is 3.15. The van der Waals surface area contributed by atoms with Gasteiger partial charge in [0.2, 0.25) is 0 Å². The van der Waals surface area contributed by atoms with Gasteiger partial charge in [0, 0.05) is 0 Å². The summed E-state index contributed by atoms with van der Waals surface area (Å²) in [5.74, 6) is -1.48. The van der Waals surface area contributed by atoms with Gasteiger partial charge in [-0.25, -0.2) is 0 Å². The Kier molecular flexibility index (Phi) is 10.8. The predicted molar refractivity (Wildman–Crippen MR) is 36.4 cm³/mol. The summed E-state index contributed by atoms with van der Waals surface area (Å²) in [6.45, 7) is 0. The quantitative estimate of drug-likeness (QED) is 0.572. The molecule has 0 heterocycles. The fourth-order valence-electron chi connectivity index (χ4n) is 0.771. The summed E-state index contributed by atoms with van der Waals surface area (Å²) in [5.41, 5.74) is 0.340. The summed E-state index contributed by atoms with van der Waals surface area (Å²) < 4.78 is 0. The van der Waals surface area contributed by atoms with E-state index in [1.165, 1.54) is 12.1 Å². The Morgan fingerprint density at radius 1 is 1.31 bits per heavy atom. The summed E-state index contributed by atoms with van der Waals surface area (Å²) in [4.78, 5) is 10.1. The molecule has 0 spiro atoms. The molecule has 1 atom stereocenters. The smallest absolute Gasteiger partial charge is 0.547 e. The van der Waals surface area contributed by atoms with E-state index in [-0.39, 0.29) is 77.6 Å². The van der Waals surface area contributed by atoms with E-state index in [0.717, 1.165) is 0 Å². The number of aliphatic hydroxyl groups is 1. The van der Waals surface area contributed by atoms with Crippen molar-refractivity contribution < 1.29 is 92.6 Å². The van der Waals surface area contributed by atoms with Gasteiger partial charge in [-0.05, 0) is 5.56 Å². The Hall–Kier alpha value is 1.17. The van der Waals surface area contributed by atoms with Crippen LogP contribution < -0.4 is 56.5 Å². The van der Waals surface area contributed by atoms with Gasteiger partial charge in [0.1, 0.15) is 6.10 Å². The molecule has 0 amide bonds. The predicted octanol–water partition coefficient (Wildman–Crippen LogP) is -3.53. The summed E-state index contributed by atoms with van der Waals surface area (Å²) in [6, 6.07) is 8.11. The number of hydrogen-bond donors (Lipinski definition) is 1. The number of aliphatic hydroxyl groups excluding tert-OH is 1. The van der Waals surface area contributed by atoms with E-state index in [1.807, 2.05) is 0 Å². The summed E-state index contributed by atoms with van der Waals surface area (Å²) >= 11 is 0. The van der Waals surface area contributed by atoms with E-state index < -0.39 is 12.1 Å². The second-order valence-corrected chi connectivity index (χ2v) is 2.13. The maximum atomic E-state index is 10.1. The third kappa shape index (κ3) is 5.57. The summed E-state index contributed by atoms with van der Waals surface area (Å²) in [6.07, 6.45) is -1.52. The maximum absolute atomic E-state index is 10.1. The molecule has 60 valence electrons. The number of carboxylic acid groups (broad SMARTS) is 1. The third-order valence-electron chi connectivity index (χ3n) is 1.34. The van der Waals surface area contributed by atoms with E-state index in [0.29, 0.717) is 5.56 Å². The number of benzene rings is 1. The van der Waals surface area contributed by atoms with Gasteiger partial charge < -0.3 is 15.0 Å². The SMILES string of the molecule is O=C([O-])C(O)c1ccccc1.[K+].[Zr+2]. The third-order valence-corrected chi connectivity index (χ3v) is 1.34. The monoisotopic (exact) mass is 280 g/mol. The van der Waals surface area contributed by atoms with Gasteiger partial charge in [0.15, 0.2) is 0 Å². The molecule has 1 unspecified atom stereocenters. The van der Waals surface area contributed by atoms with Crippen LogP contribution in [0, 0.1) is 0 Å². The second-order valence-electron chi connectivity index (χ2n) is 2.13. The molecule has 1 rings (SSSR count). The van der Waals surface area contributed by atoms with Crippen LogP contribution in [0.4, 0.5) is 0 Å². The van der Waals surface area contributed by atoms with Crippen LogP contribution >= 0.6 is 0 Å². The van der Waals surface area contributed by atoms with E-state index >= 15 is 0 Å². The molecule has 0 aliphatic rings. The van der Waals surface area contributed by atoms with E-state index in [1.54, 1.807) is 18.2 Å². The summed E-state index contributed by atoms with van der Waals surface area (Å²) in [5, 5.41) is 19.1. The number of carbonyl (C=O) groups excluding carboxylic acids is 1. The van der Waals surface area contributed by atoms with Crippen molar-refractivity contribution >= 4 is 5.97 Å². The van der Waals surface area contributed by atoms with Gasteiger partial charge in [-0.3, -0.25) is 0 Å². The average molecular weight is 281 g/mol. The first kappa shape index (κ1) is 16.6. The van der Waals surface area contributed by atoms with E-state index in [2.05, 4.69) is 0 Å². The molecule has 0 radical (unpaired) electrons. The van der Waals surface area contributed by atoms with Gasteiger partial charge in [-0.15, -0.1) is 0 Å². The van der Waals surface area contributed by atoms with Gasteiger partial charge in [-0.1, -0.05) is 30.3 Å². The fourth-order valence-corrected chi connectivity index (χ4v) is 0.771. The standard InChI is InChI=1S/C8H8O3.K.Zr/c9-7(8(10)11)6-4-2-1-3-5-6;;/h1-5,7,9H,(H,10,11);;/q;+1;+2/p-1. The van der Waals surface area contributed by atoms with Crippen molar-refractivity contribution in [3.05, 3.63) is 35.9 Å². The molecule has 13 heavy (non-hydrogen) atoms. The molecule has 5 heteroatoms. The number of hydrogen-bond acceptors (Lipinski definition) is 3. The largest absolute Gasteiger partial charge is 2.00 e. The molecule has 0 aromatic heterocycles. The average Bonchev–Trinajstić information content (AvgIpc) is 2.05. The Morgan fingerprint density at radius 2 is 1.77 bits per heavy atom. The van der Waals surface area contributed by atoms with Crippen LogP contribution in [0.2, 0.25) is 0 Å². The number of carboxylic acids is 1. The minimum absolute atomic E-state index is 0. The van der Waals surface area contributed by atoms with Gasteiger partial charge in [-0.2, -0.15) is 0 Å².